The van der Waals surface area contributed by atoms with E-state index < -0.39 is 0 Å². The number of piperidine rings is 1. The molecule has 0 bridgehead atoms. The molecule has 0 radical (unpaired) electrons. The lowest BCUT2D eigenvalue weighted by atomic mass is 9.88. The summed E-state index contributed by atoms with van der Waals surface area (Å²) in [7, 11) is 3.96. The average Bonchev–Trinajstić information content (AvgIpc) is 2.38. The first-order valence-electron chi connectivity index (χ1n) is 7.09. The van der Waals surface area contributed by atoms with Crippen molar-refractivity contribution in [3.8, 4) is 5.75 Å². The zero-order chi connectivity index (χ0) is 13.9. The van der Waals surface area contributed by atoms with Gasteiger partial charge in [-0.15, -0.1) is 0 Å². The molecule has 1 aliphatic heterocycles. The maximum absolute atomic E-state index is 5.44. The molecule has 0 aromatic heterocycles. The average molecular weight is 262 g/mol. The van der Waals surface area contributed by atoms with Gasteiger partial charge in [0.2, 0.25) is 0 Å². The Kier molecular flexibility index (Phi) is 4.48. The van der Waals surface area contributed by atoms with E-state index in [9.17, 15) is 0 Å². The Hall–Kier alpha value is -1.06. The van der Waals surface area contributed by atoms with Crippen LogP contribution in [0.2, 0.25) is 0 Å². The van der Waals surface area contributed by atoms with Crippen molar-refractivity contribution in [2.45, 2.75) is 44.8 Å². The zero-order valence-electron chi connectivity index (χ0n) is 12.6. The minimum atomic E-state index is 0.248. The predicted molar refractivity (Wildman–Crippen MR) is 79.6 cm³/mol. The summed E-state index contributed by atoms with van der Waals surface area (Å²) in [4.78, 5) is 2.46. The van der Waals surface area contributed by atoms with Crippen molar-refractivity contribution < 1.29 is 4.74 Å². The third-order valence-corrected chi connectivity index (χ3v) is 4.06. The molecule has 0 saturated carbocycles. The molecular formula is C16H26N2O. The Morgan fingerprint density at radius 2 is 2.11 bits per heavy atom. The summed E-state index contributed by atoms with van der Waals surface area (Å²) in [6.45, 7) is 6.63. The molecular weight excluding hydrogens is 236 g/mol. The van der Waals surface area contributed by atoms with Gasteiger partial charge in [-0.3, -0.25) is 4.90 Å². The highest BCUT2D eigenvalue weighted by Crippen LogP contribution is 2.25. The van der Waals surface area contributed by atoms with Gasteiger partial charge in [-0.2, -0.15) is 0 Å². The van der Waals surface area contributed by atoms with E-state index in [1.54, 1.807) is 7.11 Å². The second kappa shape index (κ2) is 5.93. The van der Waals surface area contributed by atoms with Crippen LogP contribution in [0.3, 0.4) is 0 Å². The van der Waals surface area contributed by atoms with Crippen LogP contribution in [0.25, 0.3) is 0 Å². The highest BCUT2D eigenvalue weighted by Gasteiger charge is 2.29. The van der Waals surface area contributed by atoms with E-state index in [1.807, 2.05) is 12.1 Å². The summed E-state index contributed by atoms with van der Waals surface area (Å²) in [5.74, 6) is 0.988. The molecule has 1 fully saturated rings. The van der Waals surface area contributed by atoms with Crippen molar-refractivity contribution in [1.29, 1.82) is 0 Å². The molecule has 19 heavy (non-hydrogen) atoms. The topological polar surface area (TPSA) is 24.5 Å². The molecule has 1 saturated heterocycles. The third kappa shape index (κ3) is 3.71. The lowest BCUT2D eigenvalue weighted by molar-refractivity contribution is 0.137. The van der Waals surface area contributed by atoms with Gasteiger partial charge in [0.15, 0.2) is 0 Å². The summed E-state index contributed by atoms with van der Waals surface area (Å²) in [5.41, 5.74) is 1.52. The maximum atomic E-state index is 5.44. The summed E-state index contributed by atoms with van der Waals surface area (Å²) < 4.78 is 5.44. The van der Waals surface area contributed by atoms with Crippen molar-refractivity contribution in [1.82, 2.24) is 10.2 Å². The van der Waals surface area contributed by atoms with Crippen LogP contribution < -0.4 is 10.1 Å². The van der Waals surface area contributed by atoms with Crippen LogP contribution in [0.5, 0.6) is 5.75 Å². The number of methoxy groups -OCH3 is 1. The van der Waals surface area contributed by atoms with Gasteiger partial charge in [0, 0.05) is 23.7 Å². The minimum absolute atomic E-state index is 0.248. The van der Waals surface area contributed by atoms with Gasteiger partial charge in [-0.05, 0) is 46.3 Å². The molecule has 1 aliphatic rings. The molecule has 1 heterocycles. The standard InChI is InChI=1S/C16H26N2O/c1-16(2)11-14(9-10-17-16)18(3)12-13-7-5-6-8-15(13)19-4/h5-8,14,17H,9-12H2,1-4H3. The monoisotopic (exact) mass is 262 g/mol. The number of nitrogens with zero attached hydrogens (tertiary/aromatic N) is 1. The number of para-hydroxylation sites is 1. The smallest absolute Gasteiger partial charge is 0.123 e. The Labute approximate surface area is 116 Å². The molecule has 0 aliphatic carbocycles. The van der Waals surface area contributed by atoms with Gasteiger partial charge < -0.3 is 10.1 Å². The van der Waals surface area contributed by atoms with Crippen molar-refractivity contribution in [2.75, 3.05) is 20.7 Å². The zero-order valence-corrected chi connectivity index (χ0v) is 12.6. The number of hydrogen-bond donors (Lipinski definition) is 1. The number of hydrogen-bond acceptors (Lipinski definition) is 3. The van der Waals surface area contributed by atoms with Crippen LogP contribution in [0, 0.1) is 0 Å². The number of nitrogens with one attached hydrogen (secondary N) is 1. The van der Waals surface area contributed by atoms with Gasteiger partial charge in [0.1, 0.15) is 5.75 Å². The molecule has 2 rings (SSSR count). The van der Waals surface area contributed by atoms with Gasteiger partial charge in [0.25, 0.3) is 0 Å². The first-order chi connectivity index (χ1) is 9.02. The van der Waals surface area contributed by atoms with Gasteiger partial charge in [-0.1, -0.05) is 18.2 Å². The highest BCUT2D eigenvalue weighted by atomic mass is 16.5. The van der Waals surface area contributed by atoms with Crippen molar-refractivity contribution >= 4 is 0 Å². The Bertz CT molecular complexity index is 417. The fourth-order valence-corrected chi connectivity index (χ4v) is 2.95. The van der Waals surface area contributed by atoms with Crippen LogP contribution in [0.1, 0.15) is 32.3 Å². The molecule has 0 amide bonds. The molecule has 106 valence electrons. The van der Waals surface area contributed by atoms with Crippen molar-refractivity contribution in [2.24, 2.45) is 0 Å². The van der Waals surface area contributed by atoms with E-state index in [0.29, 0.717) is 6.04 Å². The van der Waals surface area contributed by atoms with Crippen molar-refractivity contribution in [3.05, 3.63) is 29.8 Å². The molecule has 1 aromatic carbocycles. The van der Waals surface area contributed by atoms with Crippen LogP contribution in [-0.2, 0) is 6.54 Å². The second-order valence-electron chi connectivity index (χ2n) is 6.18. The molecule has 1 atom stereocenters. The van der Waals surface area contributed by atoms with E-state index >= 15 is 0 Å². The lowest BCUT2D eigenvalue weighted by Crippen LogP contribution is -2.52. The highest BCUT2D eigenvalue weighted by molar-refractivity contribution is 5.33. The molecule has 3 nitrogen and oxygen atoms in total. The maximum Gasteiger partial charge on any atom is 0.123 e. The fraction of sp³-hybridized carbons (Fsp3) is 0.625. The second-order valence-corrected chi connectivity index (χ2v) is 6.18. The Morgan fingerprint density at radius 3 is 2.79 bits per heavy atom. The lowest BCUT2D eigenvalue weighted by Gasteiger charge is -2.40. The number of benzene rings is 1. The summed E-state index contributed by atoms with van der Waals surface area (Å²) in [5, 5.41) is 3.58. The SMILES string of the molecule is COc1ccccc1CN(C)C1CCNC(C)(C)C1. The van der Waals surface area contributed by atoms with Gasteiger partial charge in [-0.25, -0.2) is 0 Å². The van der Waals surface area contributed by atoms with E-state index in [1.165, 1.54) is 18.4 Å². The van der Waals surface area contributed by atoms with E-state index in [-0.39, 0.29) is 5.54 Å². The van der Waals surface area contributed by atoms with E-state index in [0.717, 1.165) is 18.8 Å². The molecule has 1 unspecified atom stereocenters. The molecule has 0 spiro atoms. The quantitative estimate of drug-likeness (QED) is 0.903. The Balaban J connectivity index is 2.02. The first kappa shape index (κ1) is 14.4. The van der Waals surface area contributed by atoms with Crippen LogP contribution >= 0.6 is 0 Å². The molecule has 1 aromatic rings. The molecule has 3 heteroatoms. The predicted octanol–water partition coefficient (Wildman–Crippen LogP) is 2.66. The van der Waals surface area contributed by atoms with E-state index in [4.69, 9.17) is 4.74 Å². The molecule has 1 N–H and O–H groups in total. The number of ether oxygens (including phenoxy) is 1. The van der Waals surface area contributed by atoms with E-state index in [2.05, 4.69) is 43.2 Å². The third-order valence-electron chi connectivity index (χ3n) is 4.06. The summed E-state index contributed by atoms with van der Waals surface area (Å²) in [6, 6.07) is 8.94. The summed E-state index contributed by atoms with van der Waals surface area (Å²) >= 11 is 0. The first-order valence-corrected chi connectivity index (χ1v) is 7.09. The normalized spacial score (nSPS) is 22.5. The van der Waals surface area contributed by atoms with Crippen LogP contribution in [0.4, 0.5) is 0 Å². The van der Waals surface area contributed by atoms with Gasteiger partial charge >= 0.3 is 0 Å². The van der Waals surface area contributed by atoms with Gasteiger partial charge in [0.05, 0.1) is 7.11 Å². The van der Waals surface area contributed by atoms with Crippen molar-refractivity contribution in [3.63, 3.8) is 0 Å². The Morgan fingerprint density at radius 1 is 1.37 bits per heavy atom. The van der Waals surface area contributed by atoms with Crippen LogP contribution in [-0.4, -0.2) is 37.2 Å². The van der Waals surface area contributed by atoms with Crippen LogP contribution in [0.15, 0.2) is 24.3 Å². The summed E-state index contributed by atoms with van der Waals surface area (Å²) in [6.07, 6.45) is 2.41. The largest absolute Gasteiger partial charge is 0.496 e. The minimum Gasteiger partial charge on any atom is -0.496 e. The fourth-order valence-electron chi connectivity index (χ4n) is 2.95. The number of rotatable bonds is 4.